The summed E-state index contributed by atoms with van der Waals surface area (Å²) in [4.78, 5) is 27.9. The van der Waals surface area contributed by atoms with Crippen LogP contribution in [0.3, 0.4) is 0 Å². The van der Waals surface area contributed by atoms with Gasteiger partial charge < -0.3 is 15.0 Å². The van der Waals surface area contributed by atoms with Crippen molar-refractivity contribution >= 4 is 5.91 Å². The van der Waals surface area contributed by atoms with Gasteiger partial charge in [-0.1, -0.05) is 12.1 Å². The maximum absolute atomic E-state index is 12.5. The standard InChI is InChI=1S/C19H22N2O3/c1-2-24-14-9-7-13(8-10-14)11-21-19(23)16-12-20-17-6-4-3-5-15(17)18(16)22/h7-10,12H,2-6,11H2,1H3,(H,20,22)(H,21,23). The number of hydrogen-bond donors (Lipinski definition) is 2. The van der Waals surface area contributed by atoms with E-state index in [1.54, 1.807) is 6.20 Å². The van der Waals surface area contributed by atoms with Crippen molar-refractivity contribution in [3.05, 3.63) is 63.1 Å². The number of nitrogens with one attached hydrogen (secondary N) is 2. The van der Waals surface area contributed by atoms with Crippen LogP contribution in [0, 0.1) is 0 Å². The number of aromatic nitrogens is 1. The van der Waals surface area contributed by atoms with Crippen molar-refractivity contribution in [2.75, 3.05) is 6.61 Å². The van der Waals surface area contributed by atoms with Gasteiger partial charge in [0.05, 0.1) is 6.61 Å². The fraction of sp³-hybridized carbons (Fsp3) is 0.368. The van der Waals surface area contributed by atoms with Gasteiger partial charge in [-0.25, -0.2) is 0 Å². The summed E-state index contributed by atoms with van der Waals surface area (Å²) in [6, 6.07) is 7.55. The van der Waals surface area contributed by atoms with Gasteiger partial charge in [-0.05, 0) is 50.3 Å². The molecular weight excluding hydrogens is 304 g/mol. The Bertz CT molecular complexity index is 778. The molecule has 1 amide bonds. The van der Waals surface area contributed by atoms with Crippen LogP contribution < -0.4 is 15.5 Å². The van der Waals surface area contributed by atoms with Crippen molar-refractivity contribution in [2.45, 2.75) is 39.2 Å². The molecule has 0 aliphatic heterocycles. The van der Waals surface area contributed by atoms with Crippen molar-refractivity contribution in [3.8, 4) is 5.75 Å². The van der Waals surface area contributed by atoms with Gasteiger partial charge in [-0.3, -0.25) is 9.59 Å². The highest BCUT2D eigenvalue weighted by atomic mass is 16.5. The number of aromatic amines is 1. The summed E-state index contributed by atoms with van der Waals surface area (Å²) in [6.07, 6.45) is 5.28. The normalized spacial score (nSPS) is 13.2. The predicted octanol–water partition coefficient (Wildman–Crippen LogP) is 2.58. The Balaban J connectivity index is 1.68. The van der Waals surface area contributed by atoms with E-state index in [1.807, 2.05) is 31.2 Å². The number of pyridine rings is 1. The highest BCUT2D eigenvalue weighted by molar-refractivity contribution is 5.94. The molecule has 1 aromatic carbocycles. The Morgan fingerprint density at radius 2 is 1.96 bits per heavy atom. The Kier molecular flexibility index (Phi) is 4.99. The summed E-state index contributed by atoms with van der Waals surface area (Å²) >= 11 is 0. The van der Waals surface area contributed by atoms with Crippen LogP contribution in [0.4, 0.5) is 0 Å². The molecule has 1 aromatic heterocycles. The quantitative estimate of drug-likeness (QED) is 0.887. The van der Waals surface area contributed by atoms with E-state index in [0.717, 1.165) is 48.3 Å². The molecule has 3 rings (SSSR count). The van der Waals surface area contributed by atoms with E-state index in [0.29, 0.717) is 13.2 Å². The lowest BCUT2D eigenvalue weighted by atomic mass is 9.94. The maximum atomic E-state index is 12.5. The fourth-order valence-corrected chi connectivity index (χ4v) is 3.02. The number of amides is 1. The van der Waals surface area contributed by atoms with E-state index in [4.69, 9.17) is 4.74 Å². The van der Waals surface area contributed by atoms with Crippen molar-refractivity contribution in [1.82, 2.24) is 10.3 Å². The lowest BCUT2D eigenvalue weighted by Gasteiger charge is -2.15. The Morgan fingerprint density at radius 1 is 1.21 bits per heavy atom. The van der Waals surface area contributed by atoms with E-state index >= 15 is 0 Å². The number of rotatable bonds is 5. The van der Waals surface area contributed by atoms with Crippen LogP contribution in [0.2, 0.25) is 0 Å². The zero-order valence-electron chi connectivity index (χ0n) is 13.9. The topological polar surface area (TPSA) is 71.2 Å². The van der Waals surface area contributed by atoms with E-state index in [9.17, 15) is 9.59 Å². The summed E-state index contributed by atoms with van der Waals surface area (Å²) in [6.45, 7) is 2.93. The minimum atomic E-state index is -0.335. The molecule has 1 aliphatic carbocycles. The van der Waals surface area contributed by atoms with E-state index in [2.05, 4.69) is 10.3 Å². The molecule has 5 heteroatoms. The molecule has 2 N–H and O–H groups in total. The van der Waals surface area contributed by atoms with E-state index in [-0.39, 0.29) is 16.9 Å². The van der Waals surface area contributed by atoms with Crippen LogP contribution in [0.5, 0.6) is 5.75 Å². The fourth-order valence-electron chi connectivity index (χ4n) is 3.02. The van der Waals surface area contributed by atoms with Gasteiger partial charge in [0.15, 0.2) is 5.43 Å². The third kappa shape index (κ3) is 3.50. The van der Waals surface area contributed by atoms with Gasteiger partial charge >= 0.3 is 0 Å². The second kappa shape index (κ2) is 7.34. The summed E-state index contributed by atoms with van der Waals surface area (Å²) < 4.78 is 5.39. The molecule has 0 spiro atoms. The van der Waals surface area contributed by atoms with Gasteiger partial charge in [-0.2, -0.15) is 0 Å². The number of aryl methyl sites for hydroxylation is 1. The smallest absolute Gasteiger partial charge is 0.257 e. The Labute approximate surface area is 141 Å². The average molecular weight is 326 g/mol. The van der Waals surface area contributed by atoms with Crippen molar-refractivity contribution in [3.63, 3.8) is 0 Å². The monoisotopic (exact) mass is 326 g/mol. The lowest BCUT2D eigenvalue weighted by molar-refractivity contribution is 0.0949. The number of fused-ring (bicyclic) bond motifs is 1. The van der Waals surface area contributed by atoms with Crippen LogP contribution in [0.25, 0.3) is 0 Å². The van der Waals surface area contributed by atoms with Crippen molar-refractivity contribution < 1.29 is 9.53 Å². The first-order valence-electron chi connectivity index (χ1n) is 8.42. The molecule has 2 aromatic rings. The third-order valence-corrected chi connectivity index (χ3v) is 4.31. The van der Waals surface area contributed by atoms with Crippen LogP contribution >= 0.6 is 0 Å². The van der Waals surface area contributed by atoms with Gasteiger partial charge in [0, 0.05) is 24.0 Å². The zero-order chi connectivity index (χ0) is 16.9. The molecule has 126 valence electrons. The number of benzene rings is 1. The molecular formula is C19H22N2O3. The van der Waals surface area contributed by atoms with E-state index in [1.165, 1.54) is 0 Å². The minimum Gasteiger partial charge on any atom is -0.494 e. The lowest BCUT2D eigenvalue weighted by Crippen LogP contribution is -2.31. The molecule has 0 saturated carbocycles. The SMILES string of the molecule is CCOc1ccc(CNC(=O)c2c[nH]c3c(c2=O)CCCC3)cc1. The maximum Gasteiger partial charge on any atom is 0.257 e. The molecule has 0 atom stereocenters. The average Bonchev–Trinajstić information content (AvgIpc) is 2.62. The Hall–Kier alpha value is -2.56. The predicted molar refractivity (Wildman–Crippen MR) is 92.5 cm³/mol. The van der Waals surface area contributed by atoms with Gasteiger partial charge in [0.2, 0.25) is 0 Å². The van der Waals surface area contributed by atoms with Crippen molar-refractivity contribution in [2.24, 2.45) is 0 Å². The summed E-state index contributed by atoms with van der Waals surface area (Å²) in [5.41, 5.74) is 2.78. The van der Waals surface area contributed by atoms with Crippen LogP contribution in [-0.2, 0) is 19.4 Å². The van der Waals surface area contributed by atoms with Crippen LogP contribution in [0.15, 0.2) is 35.3 Å². The molecule has 0 radical (unpaired) electrons. The van der Waals surface area contributed by atoms with Crippen LogP contribution in [-0.4, -0.2) is 17.5 Å². The molecule has 24 heavy (non-hydrogen) atoms. The third-order valence-electron chi connectivity index (χ3n) is 4.31. The summed E-state index contributed by atoms with van der Waals surface area (Å²) in [5.74, 6) is 0.470. The molecule has 1 aliphatic rings. The number of ether oxygens (including phenoxy) is 1. The highest BCUT2D eigenvalue weighted by Crippen LogP contribution is 2.16. The molecule has 0 unspecified atom stereocenters. The van der Waals surface area contributed by atoms with Gasteiger partial charge in [0.25, 0.3) is 5.91 Å². The van der Waals surface area contributed by atoms with Crippen molar-refractivity contribution in [1.29, 1.82) is 0 Å². The second-order valence-electron chi connectivity index (χ2n) is 5.96. The number of carbonyl (C=O) groups is 1. The Morgan fingerprint density at radius 3 is 2.71 bits per heavy atom. The second-order valence-corrected chi connectivity index (χ2v) is 5.96. The molecule has 0 bridgehead atoms. The highest BCUT2D eigenvalue weighted by Gasteiger charge is 2.18. The van der Waals surface area contributed by atoms with Gasteiger partial charge in [0.1, 0.15) is 11.3 Å². The van der Waals surface area contributed by atoms with Gasteiger partial charge in [-0.15, -0.1) is 0 Å². The molecule has 0 saturated heterocycles. The zero-order valence-corrected chi connectivity index (χ0v) is 13.9. The molecule has 0 fully saturated rings. The number of H-pyrrole nitrogens is 1. The van der Waals surface area contributed by atoms with Crippen LogP contribution in [0.1, 0.15) is 46.9 Å². The first-order chi connectivity index (χ1) is 11.7. The largest absolute Gasteiger partial charge is 0.494 e. The first-order valence-corrected chi connectivity index (χ1v) is 8.42. The summed E-state index contributed by atoms with van der Waals surface area (Å²) in [7, 11) is 0. The molecule has 5 nitrogen and oxygen atoms in total. The summed E-state index contributed by atoms with van der Waals surface area (Å²) in [5, 5.41) is 2.81. The first kappa shape index (κ1) is 16.3. The minimum absolute atomic E-state index is 0.132. The number of carbonyl (C=O) groups excluding carboxylic acids is 1. The number of hydrogen-bond acceptors (Lipinski definition) is 3. The van der Waals surface area contributed by atoms with E-state index < -0.39 is 0 Å². The molecule has 1 heterocycles.